The Morgan fingerprint density at radius 2 is 1.88 bits per heavy atom. The molecule has 1 amide bonds. The fraction of sp³-hybridized carbons (Fsp3) is 0.579. The molecule has 0 atom stereocenters. The van der Waals surface area contributed by atoms with E-state index in [0.717, 1.165) is 37.0 Å². The summed E-state index contributed by atoms with van der Waals surface area (Å²) in [5.74, 6) is 0.739. The Bertz CT molecular complexity index is 673. The number of nitrogens with zero attached hydrogens (tertiary/aromatic N) is 2. The Morgan fingerprint density at radius 3 is 2.48 bits per heavy atom. The van der Waals surface area contributed by atoms with Crippen molar-refractivity contribution in [3.63, 3.8) is 0 Å². The number of methoxy groups -OCH3 is 1. The second-order valence-electron chi connectivity index (χ2n) is 6.92. The summed E-state index contributed by atoms with van der Waals surface area (Å²) in [7, 11) is 1.63. The summed E-state index contributed by atoms with van der Waals surface area (Å²) in [5, 5.41) is 0. The first-order valence-corrected chi connectivity index (χ1v) is 8.98. The van der Waals surface area contributed by atoms with E-state index < -0.39 is 5.66 Å². The molecule has 2 heterocycles. The molecule has 2 aliphatic heterocycles. The number of rotatable bonds is 4. The van der Waals surface area contributed by atoms with Gasteiger partial charge in [-0.25, -0.2) is 0 Å². The van der Waals surface area contributed by atoms with Crippen LogP contribution in [0.25, 0.3) is 0 Å². The maximum Gasteiger partial charge on any atom is 0.274 e. The normalized spacial score (nSPS) is 28.0. The lowest BCUT2D eigenvalue weighted by atomic mass is 9.88. The number of carbonyl (C=O) groups excluding carboxylic acids is 1. The van der Waals surface area contributed by atoms with E-state index in [2.05, 4.69) is 0 Å². The van der Waals surface area contributed by atoms with Gasteiger partial charge in [0.25, 0.3) is 5.91 Å². The molecule has 1 aliphatic carbocycles. The number of ether oxygens (including phenoxy) is 3. The number of amides is 1. The molecule has 1 saturated carbocycles. The fourth-order valence-corrected chi connectivity index (χ4v) is 4.00. The zero-order chi connectivity index (χ0) is 17.4. The average Bonchev–Trinajstić information content (AvgIpc) is 2.87. The molecule has 0 unspecified atom stereocenters. The lowest BCUT2D eigenvalue weighted by Crippen LogP contribution is -2.55. The standard InChI is InChI=1S/C19H24N2O4/c1-13-24-16(25-13)12-21-18(22)17(14-6-8-15(23-2)9-7-14)20-19(21)10-4-3-5-11-19/h6-9,13,16H,3-5,10-12H2,1-2H3. The van der Waals surface area contributed by atoms with Gasteiger partial charge in [-0.1, -0.05) is 6.42 Å². The topological polar surface area (TPSA) is 60.4 Å². The van der Waals surface area contributed by atoms with Crippen molar-refractivity contribution in [2.24, 2.45) is 4.99 Å². The van der Waals surface area contributed by atoms with Crippen LogP contribution in [-0.4, -0.2) is 48.4 Å². The molecule has 0 aromatic heterocycles. The number of hydrogen-bond donors (Lipinski definition) is 0. The van der Waals surface area contributed by atoms with E-state index in [1.54, 1.807) is 7.11 Å². The molecule has 1 aromatic carbocycles. The van der Waals surface area contributed by atoms with Crippen LogP contribution in [0.5, 0.6) is 5.75 Å². The van der Waals surface area contributed by atoms with Crippen molar-refractivity contribution in [2.45, 2.75) is 57.3 Å². The van der Waals surface area contributed by atoms with Crippen molar-refractivity contribution in [2.75, 3.05) is 13.7 Å². The van der Waals surface area contributed by atoms with Crippen molar-refractivity contribution in [1.82, 2.24) is 4.90 Å². The van der Waals surface area contributed by atoms with Crippen LogP contribution in [0.15, 0.2) is 29.3 Å². The van der Waals surface area contributed by atoms with Gasteiger partial charge in [0.15, 0.2) is 12.6 Å². The predicted molar refractivity (Wildman–Crippen MR) is 92.5 cm³/mol. The lowest BCUT2D eigenvalue weighted by molar-refractivity contribution is -0.378. The Kier molecular flexibility index (Phi) is 4.25. The minimum absolute atomic E-state index is 0.0289. The van der Waals surface area contributed by atoms with E-state index in [4.69, 9.17) is 19.2 Å². The van der Waals surface area contributed by atoms with E-state index in [1.807, 2.05) is 36.1 Å². The third-order valence-electron chi connectivity index (χ3n) is 5.31. The third kappa shape index (κ3) is 2.93. The minimum atomic E-state index is -0.434. The SMILES string of the molecule is COc1ccc(C2=NC3(CCCCC3)N(CC3OC(C)O3)C2=O)cc1. The van der Waals surface area contributed by atoms with Gasteiger partial charge in [0.2, 0.25) is 0 Å². The van der Waals surface area contributed by atoms with E-state index in [-0.39, 0.29) is 18.5 Å². The number of aliphatic imine (C=N–C) groups is 1. The number of hydrogen-bond acceptors (Lipinski definition) is 5. The van der Waals surface area contributed by atoms with Crippen LogP contribution in [0.4, 0.5) is 0 Å². The van der Waals surface area contributed by atoms with E-state index in [0.29, 0.717) is 12.3 Å². The largest absolute Gasteiger partial charge is 0.497 e. The third-order valence-corrected chi connectivity index (χ3v) is 5.31. The first-order chi connectivity index (χ1) is 12.1. The molecule has 134 valence electrons. The maximum absolute atomic E-state index is 13.1. The zero-order valence-corrected chi connectivity index (χ0v) is 14.7. The predicted octanol–water partition coefficient (Wildman–Crippen LogP) is 2.71. The molecule has 0 radical (unpaired) electrons. The van der Waals surface area contributed by atoms with Crippen molar-refractivity contribution in [3.05, 3.63) is 29.8 Å². The molecule has 4 rings (SSSR count). The van der Waals surface area contributed by atoms with Gasteiger partial charge >= 0.3 is 0 Å². The van der Waals surface area contributed by atoms with Gasteiger partial charge in [0, 0.05) is 5.56 Å². The highest BCUT2D eigenvalue weighted by Crippen LogP contribution is 2.40. The molecule has 0 N–H and O–H groups in total. The first kappa shape index (κ1) is 16.5. The molecule has 0 bridgehead atoms. The van der Waals surface area contributed by atoms with Crippen LogP contribution >= 0.6 is 0 Å². The average molecular weight is 344 g/mol. The zero-order valence-electron chi connectivity index (χ0n) is 14.7. The molecule has 1 aromatic rings. The quantitative estimate of drug-likeness (QED) is 0.843. The van der Waals surface area contributed by atoms with Crippen LogP contribution in [-0.2, 0) is 14.3 Å². The van der Waals surface area contributed by atoms with Gasteiger partial charge in [-0.2, -0.15) is 0 Å². The van der Waals surface area contributed by atoms with Crippen LogP contribution in [0.1, 0.15) is 44.6 Å². The molecule has 6 heteroatoms. The smallest absolute Gasteiger partial charge is 0.274 e. The van der Waals surface area contributed by atoms with Gasteiger partial charge in [0.1, 0.15) is 17.1 Å². The first-order valence-electron chi connectivity index (χ1n) is 8.98. The summed E-state index contributed by atoms with van der Waals surface area (Å²) < 4.78 is 16.3. The van der Waals surface area contributed by atoms with Crippen LogP contribution < -0.4 is 4.74 Å². The summed E-state index contributed by atoms with van der Waals surface area (Å²) in [4.78, 5) is 20.0. The van der Waals surface area contributed by atoms with Gasteiger partial charge in [-0.15, -0.1) is 0 Å². The Balaban J connectivity index is 1.62. The van der Waals surface area contributed by atoms with Crippen LogP contribution in [0.2, 0.25) is 0 Å². The molecule has 1 spiro atoms. The summed E-state index contributed by atoms with van der Waals surface area (Å²) in [6, 6.07) is 7.52. The molecule has 2 fully saturated rings. The highest BCUT2D eigenvalue weighted by molar-refractivity contribution is 6.46. The van der Waals surface area contributed by atoms with Crippen molar-refractivity contribution >= 4 is 11.6 Å². The molecule has 1 saturated heterocycles. The Hall–Kier alpha value is -1.92. The molecule has 25 heavy (non-hydrogen) atoms. The molecule has 3 aliphatic rings. The lowest BCUT2D eigenvalue weighted by Gasteiger charge is -2.43. The van der Waals surface area contributed by atoms with Gasteiger partial charge < -0.3 is 19.1 Å². The van der Waals surface area contributed by atoms with E-state index in [1.165, 1.54) is 6.42 Å². The van der Waals surface area contributed by atoms with Crippen molar-refractivity contribution in [3.8, 4) is 5.75 Å². The Morgan fingerprint density at radius 1 is 1.20 bits per heavy atom. The summed E-state index contributed by atoms with van der Waals surface area (Å²) in [6.07, 6.45) is 4.65. The second kappa shape index (κ2) is 6.42. The fourth-order valence-electron chi connectivity index (χ4n) is 4.00. The molecular weight excluding hydrogens is 320 g/mol. The van der Waals surface area contributed by atoms with E-state index in [9.17, 15) is 4.79 Å². The van der Waals surface area contributed by atoms with E-state index >= 15 is 0 Å². The second-order valence-corrected chi connectivity index (χ2v) is 6.92. The summed E-state index contributed by atoms with van der Waals surface area (Å²) in [5.41, 5.74) is 0.940. The van der Waals surface area contributed by atoms with Gasteiger partial charge in [-0.05, 0) is 56.9 Å². The van der Waals surface area contributed by atoms with Crippen LogP contribution in [0, 0.1) is 0 Å². The minimum Gasteiger partial charge on any atom is -0.497 e. The molecular formula is C19H24N2O4. The van der Waals surface area contributed by atoms with Crippen molar-refractivity contribution < 1.29 is 19.0 Å². The number of benzene rings is 1. The monoisotopic (exact) mass is 344 g/mol. The highest BCUT2D eigenvalue weighted by Gasteiger charge is 2.49. The maximum atomic E-state index is 13.1. The number of carbonyl (C=O) groups is 1. The van der Waals surface area contributed by atoms with Gasteiger partial charge in [0.05, 0.1) is 13.7 Å². The van der Waals surface area contributed by atoms with Crippen molar-refractivity contribution in [1.29, 1.82) is 0 Å². The van der Waals surface area contributed by atoms with Crippen LogP contribution in [0.3, 0.4) is 0 Å². The Labute approximate surface area is 147 Å². The molecule has 6 nitrogen and oxygen atoms in total. The summed E-state index contributed by atoms with van der Waals surface area (Å²) in [6.45, 7) is 2.30. The van der Waals surface area contributed by atoms with Gasteiger partial charge in [-0.3, -0.25) is 9.79 Å². The summed E-state index contributed by atoms with van der Waals surface area (Å²) >= 11 is 0. The highest BCUT2D eigenvalue weighted by atomic mass is 16.9.